The third-order valence-electron chi connectivity index (χ3n) is 6.19. The lowest BCUT2D eigenvalue weighted by Crippen LogP contribution is -2.32. The summed E-state index contributed by atoms with van der Waals surface area (Å²) in [6, 6.07) is 12.2. The van der Waals surface area contributed by atoms with Crippen LogP contribution in [0.25, 0.3) is 0 Å². The van der Waals surface area contributed by atoms with Crippen LogP contribution in [-0.4, -0.2) is 48.8 Å². The fourth-order valence-electron chi connectivity index (χ4n) is 4.35. The van der Waals surface area contributed by atoms with Crippen molar-refractivity contribution in [3.05, 3.63) is 71.2 Å². The molecule has 1 fully saturated rings. The highest BCUT2D eigenvalue weighted by Crippen LogP contribution is 2.34. The van der Waals surface area contributed by atoms with Gasteiger partial charge < -0.3 is 24.4 Å². The Morgan fingerprint density at radius 2 is 2.20 bits per heavy atom. The van der Waals surface area contributed by atoms with E-state index in [1.807, 2.05) is 29.2 Å². The van der Waals surface area contributed by atoms with Crippen molar-refractivity contribution in [2.24, 2.45) is 0 Å². The molecule has 1 aromatic heterocycles. The Labute approximate surface area is 203 Å². The molecule has 0 spiro atoms. The van der Waals surface area contributed by atoms with E-state index in [-0.39, 0.29) is 35.9 Å². The van der Waals surface area contributed by atoms with Crippen molar-refractivity contribution >= 4 is 17.5 Å². The predicted molar refractivity (Wildman–Crippen MR) is 128 cm³/mol. The topological polar surface area (TPSA) is 85.8 Å². The number of benzene rings is 2. The second-order valence-electron chi connectivity index (χ2n) is 8.55. The molecule has 5 rings (SSSR count). The molecule has 0 aliphatic carbocycles. The molecule has 2 aromatic carbocycles. The highest BCUT2D eigenvalue weighted by molar-refractivity contribution is 5.96. The van der Waals surface area contributed by atoms with Crippen molar-refractivity contribution in [1.82, 2.24) is 15.3 Å². The van der Waals surface area contributed by atoms with Gasteiger partial charge in [-0.3, -0.25) is 4.79 Å². The van der Waals surface area contributed by atoms with Crippen LogP contribution in [-0.2, 0) is 17.8 Å². The van der Waals surface area contributed by atoms with Crippen LogP contribution in [0.2, 0.25) is 0 Å². The zero-order valence-electron chi connectivity index (χ0n) is 19.5. The smallest absolute Gasteiger partial charge is 0.258 e. The summed E-state index contributed by atoms with van der Waals surface area (Å²) in [7, 11) is 1.60. The molecule has 3 heterocycles. The summed E-state index contributed by atoms with van der Waals surface area (Å²) >= 11 is 0. The lowest BCUT2D eigenvalue weighted by molar-refractivity contribution is 0.0853. The molecule has 9 heteroatoms. The van der Waals surface area contributed by atoms with Crippen LogP contribution in [0, 0.1) is 5.82 Å². The van der Waals surface area contributed by atoms with Gasteiger partial charge in [-0.05, 0) is 60.7 Å². The van der Waals surface area contributed by atoms with Crippen molar-refractivity contribution in [3.8, 4) is 11.6 Å². The number of aromatic nitrogens is 2. The SMILES string of the molecule is COc1cccc(COc2nc(N3CCc4cc(F)ccc43)ncc2C(=O)NCC2CCCO2)c1. The zero-order chi connectivity index (χ0) is 24.2. The summed E-state index contributed by atoms with van der Waals surface area (Å²) in [4.78, 5) is 24.0. The average molecular weight is 479 g/mol. The van der Waals surface area contributed by atoms with E-state index in [4.69, 9.17) is 14.2 Å². The Kier molecular flexibility index (Phi) is 6.76. The van der Waals surface area contributed by atoms with Crippen molar-refractivity contribution in [1.29, 1.82) is 0 Å². The molecule has 0 saturated carbocycles. The molecule has 0 radical (unpaired) electrons. The first kappa shape index (κ1) is 23.0. The molecular formula is C26H27FN4O4. The Hall–Kier alpha value is -3.72. The number of anilines is 2. The highest BCUT2D eigenvalue weighted by atomic mass is 19.1. The number of ether oxygens (including phenoxy) is 3. The molecule has 1 atom stereocenters. The van der Waals surface area contributed by atoms with Crippen LogP contribution in [0.1, 0.15) is 34.3 Å². The summed E-state index contributed by atoms with van der Waals surface area (Å²) in [6.45, 7) is 1.94. The largest absolute Gasteiger partial charge is 0.497 e. The maximum Gasteiger partial charge on any atom is 0.258 e. The number of fused-ring (bicyclic) bond motifs is 1. The average Bonchev–Trinajstić information content (AvgIpc) is 3.56. The summed E-state index contributed by atoms with van der Waals surface area (Å²) in [5.41, 5.74) is 2.86. The van der Waals surface area contributed by atoms with Crippen LogP contribution in [0.3, 0.4) is 0 Å². The van der Waals surface area contributed by atoms with Gasteiger partial charge in [-0.2, -0.15) is 4.98 Å². The summed E-state index contributed by atoms with van der Waals surface area (Å²) < 4.78 is 30.6. The molecule has 3 aromatic rings. The highest BCUT2D eigenvalue weighted by Gasteiger charge is 2.26. The second-order valence-corrected chi connectivity index (χ2v) is 8.55. The third kappa shape index (κ3) is 5.19. The lowest BCUT2D eigenvalue weighted by atomic mass is 10.2. The van der Waals surface area contributed by atoms with Crippen molar-refractivity contribution in [3.63, 3.8) is 0 Å². The Morgan fingerprint density at radius 1 is 1.29 bits per heavy atom. The predicted octanol–water partition coefficient (Wildman–Crippen LogP) is 3.81. The monoisotopic (exact) mass is 478 g/mol. The van der Waals surface area contributed by atoms with Gasteiger partial charge in [0, 0.05) is 31.6 Å². The number of carbonyl (C=O) groups is 1. The number of nitrogens with zero attached hydrogens (tertiary/aromatic N) is 3. The minimum Gasteiger partial charge on any atom is -0.497 e. The molecule has 1 saturated heterocycles. The van der Waals surface area contributed by atoms with Crippen molar-refractivity contribution < 1.29 is 23.4 Å². The Morgan fingerprint density at radius 3 is 3.03 bits per heavy atom. The van der Waals surface area contributed by atoms with Crippen LogP contribution in [0.4, 0.5) is 16.0 Å². The van der Waals surface area contributed by atoms with Crippen LogP contribution in [0.15, 0.2) is 48.7 Å². The minimum absolute atomic E-state index is 0.0155. The Bertz CT molecular complexity index is 1220. The molecule has 1 N–H and O–H groups in total. The van der Waals surface area contributed by atoms with E-state index >= 15 is 0 Å². The van der Waals surface area contributed by atoms with E-state index in [0.29, 0.717) is 37.8 Å². The van der Waals surface area contributed by atoms with Crippen LogP contribution in [0.5, 0.6) is 11.6 Å². The first-order valence-electron chi connectivity index (χ1n) is 11.7. The van der Waals surface area contributed by atoms with Crippen molar-refractivity contribution in [2.45, 2.75) is 32.0 Å². The van der Waals surface area contributed by atoms with E-state index in [1.165, 1.54) is 18.3 Å². The van der Waals surface area contributed by atoms with Crippen LogP contribution < -0.4 is 19.7 Å². The fourth-order valence-corrected chi connectivity index (χ4v) is 4.35. The van der Waals surface area contributed by atoms with Gasteiger partial charge in [-0.15, -0.1) is 0 Å². The maximum atomic E-state index is 13.7. The van der Waals surface area contributed by atoms with Gasteiger partial charge in [0.1, 0.15) is 23.7 Å². The van der Waals surface area contributed by atoms with Gasteiger partial charge in [0.25, 0.3) is 5.91 Å². The number of rotatable bonds is 8. The fraction of sp³-hybridized carbons (Fsp3) is 0.346. The normalized spacial score (nSPS) is 16.7. The molecule has 182 valence electrons. The molecule has 1 unspecified atom stereocenters. The lowest BCUT2D eigenvalue weighted by Gasteiger charge is -2.19. The zero-order valence-corrected chi connectivity index (χ0v) is 19.5. The van der Waals surface area contributed by atoms with E-state index in [9.17, 15) is 9.18 Å². The van der Waals surface area contributed by atoms with Gasteiger partial charge >= 0.3 is 0 Å². The number of halogens is 1. The second kappa shape index (κ2) is 10.3. The number of amides is 1. The summed E-state index contributed by atoms with van der Waals surface area (Å²) in [6.07, 6.45) is 4.09. The van der Waals surface area contributed by atoms with Crippen LogP contribution >= 0.6 is 0 Å². The standard InChI is InChI=1S/C26H27FN4O4/c1-33-20-5-2-4-17(12-20)16-35-25-22(24(32)28-14-21-6-3-11-34-21)15-29-26(30-25)31-10-9-18-13-19(27)7-8-23(18)31/h2,4-5,7-8,12-13,15,21H,3,6,9-11,14,16H2,1H3,(H,28,32). The van der Waals surface area contributed by atoms with E-state index < -0.39 is 0 Å². The molecule has 8 nitrogen and oxygen atoms in total. The number of hydrogen-bond donors (Lipinski definition) is 1. The number of hydrogen-bond acceptors (Lipinski definition) is 7. The summed E-state index contributed by atoms with van der Waals surface area (Å²) in [5, 5.41) is 2.91. The van der Waals surface area contributed by atoms with Gasteiger partial charge in [-0.1, -0.05) is 12.1 Å². The first-order valence-corrected chi connectivity index (χ1v) is 11.7. The molecular weight excluding hydrogens is 451 g/mol. The molecule has 2 aliphatic heterocycles. The van der Waals surface area contributed by atoms with E-state index in [2.05, 4.69) is 15.3 Å². The number of carbonyl (C=O) groups excluding carboxylic acids is 1. The molecule has 1 amide bonds. The van der Waals surface area contributed by atoms with Gasteiger partial charge in [0.15, 0.2) is 0 Å². The van der Waals surface area contributed by atoms with Gasteiger partial charge in [0.2, 0.25) is 11.8 Å². The molecule has 2 aliphatic rings. The quantitative estimate of drug-likeness (QED) is 0.527. The van der Waals surface area contributed by atoms with E-state index in [0.717, 1.165) is 29.7 Å². The Balaban J connectivity index is 1.40. The van der Waals surface area contributed by atoms with E-state index in [1.54, 1.807) is 13.2 Å². The maximum absolute atomic E-state index is 13.7. The van der Waals surface area contributed by atoms with Gasteiger partial charge in [0.05, 0.1) is 13.2 Å². The number of nitrogens with one attached hydrogen (secondary N) is 1. The molecule has 0 bridgehead atoms. The van der Waals surface area contributed by atoms with Crippen molar-refractivity contribution in [2.75, 3.05) is 31.7 Å². The first-order chi connectivity index (χ1) is 17.1. The third-order valence-corrected chi connectivity index (χ3v) is 6.19. The van der Waals surface area contributed by atoms with Gasteiger partial charge in [-0.25, -0.2) is 9.37 Å². The molecule has 35 heavy (non-hydrogen) atoms. The summed E-state index contributed by atoms with van der Waals surface area (Å²) in [5.74, 6) is 0.693. The number of methoxy groups -OCH3 is 1. The minimum atomic E-state index is -0.323.